The normalized spacial score (nSPS) is 12.1. The predicted octanol–water partition coefficient (Wildman–Crippen LogP) is 0.723. The molecule has 1 atom stereocenters. The quantitative estimate of drug-likeness (QED) is 0.544. The fraction of sp³-hybridized carbons (Fsp3) is 0.333. The summed E-state index contributed by atoms with van der Waals surface area (Å²) in [5.41, 5.74) is -0.311. The van der Waals surface area contributed by atoms with Gasteiger partial charge in [0.2, 0.25) is 0 Å². The first-order valence-electron chi connectivity index (χ1n) is 2.71. The Morgan fingerprint density at radius 2 is 1.91 bits per heavy atom. The first-order chi connectivity index (χ1) is 5.00. The molecule has 0 saturated heterocycles. The molecule has 0 amide bonds. The molecule has 0 fully saturated rings. The van der Waals surface area contributed by atoms with Gasteiger partial charge in [-0.15, -0.1) is 0 Å². The number of aliphatic carboxylic acids is 2. The third-order valence-electron chi connectivity index (χ3n) is 1.15. The average Bonchev–Trinajstić information content (AvgIpc) is 1.88. The number of hydrogen-bond donors (Lipinski definition) is 2. The summed E-state index contributed by atoms with van der Waals surface area (Å²) >= 11 is 2.88. The highest BCUT2D eigenvalue weighted by Gasteiger charge is 2.23. The van der Waals surface area contributed by atoms with Crippen molar-refractivity contribution in [3.63, 3.8) is 0 Å². The zero-order valence-electron chi connectivity index (χ0n) is 5.58. The van der Waals surface area contributed by atoms with Crippen molar-refractivity contribution in [2.45, 2.75) is 0 Å². The monoisotopic (exact) mass is 222 g/mol. The second kappa shape index (κ2) is 4.12. The number of carboxylic acids is 2. The van der Waals surface area contributed by atoms with E-state index in [0.717, 1.165) is 0 Å². The topological polar surface area (TPSA) is 74.6 Å². The van der Waals surface area contributed by atoms with E-state index in [4.69, 9.17) is 10.2 Å². The lowest BCUT2D eigenvalue weighted by Gasteiger charge is -2.06. The molecule has 4 nitrogen and oxygen atoms in total. The lowest BCUT2D eigenvalue weighted by Crippen LogP contribution is -2.21. The van der Waals surface area contributed by atoms with Crippen LogP contribution in [0.4, 0.5) is 0 Å². The summed E-state index contributed by atoms with van der Waals surface area (Å²) in [5.74, 6) is -3.52. The molecule has 0 aromatic rings. The Balaban J connectivity index is 4.39. The summed E-state index contributed by atoms with van der Waals surface area (Å²) in [4.78, 5) is 20.5. The van der Waals surface area contributed by atoms with Crippen molar-refractivity contribution in [1.29, 1.82) is 0 Å². The number of halogens is 1. The summed E-state index contributed by atoms with van der Waals surface area (Å²) in [7, 11) is 0. The van der Waals surface area contributed by atoms with Gasteiger partial charge in [-0.25, -0.2) is 4.79 Å². The fourth-order valence-corrected chi connectivity index (χ4v) is 1.12. The molecule has 0 rings (SSSR count). The number of carbonyl (C=O) groups is 2. The van der Waals surface area contributed by atoms with Gasteiger partial charge in [0.1, 0.15) is 0 Å². The van der Waals surface area contributed by atoms with Crippen LogP contribution in [0, 0.1) is 5.92 Å². The lowest BCUT2D eigenvalue weighted by molar-refractivity contribution is -0.143. The van der Waals surface area contributed by atoms with E-state index in [1.54, 1.807) is 0 Å². The van der Waals surface area contributed by atoms with Gasteiger partial charge in [0.05, 0.1) is 5.92 Å². The Labute approximate surface area is 71.7 Å². The highest BCUT2D eigenvalue weighted by Crippen LogP contribution is 2.12. The molecule has 62 valence electrons. The Hall–Kier alpha value is -0.840. The van der Waals surface area contributed by atoms with E-state index in [1.807, 2.05) is 0 Å². The number of carboxylic acid groups (broad SMARTS) is 2. The molecule has 0 bridgehead atoms. The minimum Gasteiger partial charge on any atom is -0.481 e. The minimum absolute atomic E-state index is 0.0630. The Morgan fingerprint density at radius 1 is 1.45 bits per heavy atom. The van der Waals surface area contributed by atoms with E-state index in [-0.39, 0.29) is 10.9 Å². The van der Waals surface area contributed by atoms with Crippen LogP contribution in [0.5, 0.6) is 0 Å². The molecule has 2 N–H and O–H groups in total. The fourth-order valence-electron chi connectivity index (χ4n) is 0.457. The minimum atomic E-state index is -1.28. The van der Waals surface area contributed by atoms with Crippen LogP contribution in [-0.4, -0.2) is 27.5 Å². The molecule has 0 aromatic carbocycles. The Kier molecular flexibility index (Phi) is 3.81. The van der Waals surface area contributed by atoms with Crippen molar-refractivity contribution in [3.8, 4) is 0 Å². The van der Waals surface area contributed by atoms with E-state index in [0.29, 0.717) is 0 Å². The van der Waals surface area contributed by atoms with Crippen LogP contribution in [0.1, 0.15) is 0 Å². The molecule has 0 heterocycles. The van der Waals surface area contributed by atoms with Gasteiger partial charge in [-0.2, -0.15) is 0 Å². The largest absolute Gasteiger partial charge is 0.481 e. The zero-order valence-corrected chi connectivity index (χ0v) is 7.17. The first-order valence-corrected chi connectivity index (χ1v) is 3.83. The number of rotatable bonds is 4. The summed E-state index contributed by atoms with van der Waals surface area (Å²) in [6.07, 6.45) is 0. The second-order valence-electron chi connectivity index (χ2n) is 1.88. The molecule has 0 saturated carbocycles. The molecule has 1 unspecified atom stereocenters. The van der Waals surface area contributed by atoms with E-state index in [1.165, 1.54) is 0 Å². The van der Waals surface area contributed by atoms with Crippen molar-refractivity contribution >= 4 is 27.9 Å². The molecule has 0 radical (unpaired) electrons. The third kappa shape index (κ3) is 2.71. The van der Waals surface area contributed by atoms with Gasteiger partial charge < -0.3 is 10.2 Å². The van der Waals surface area contributed by atoms with E-state index in [2.05, 4.69) is 22.5 Å². The van der Waals surface area contributed by atoms with Gasteiger partial charge in [0.25, 0.3) is 0 Å². The molecule has 11 heavy (non-hydrogen) atoms. The van der Waals surface area contributed by atoms with Gasteiger partial charge in [0.15, 0.2) is 0 Å². The highest BCUT2D eigenvalue weighted by molar-refractivity contribution is 9.09. The van der Waals surface area contributed by atoms with Crippen LogP contribution in [0.3, 0.4) is 0 Å². The van der Waals surface area contributed by atoms with E-state index < -0.39 is 17.9 Å². The maximum absolute atomic E-state index is 10.3. The molecule has 5 heteroatoms. The lowest BCUT2D eigenvalue weighted by atomic mass is 10.0. The molecule has 0 spiro atoms. The third-order valence-corrected chi connectivity index (χ3v) is 1.80. The summed E-state index contributed by atoms with van der Waals surface area (Å²) in [5, 5.41) is 16.9. The molecule has 0 aliphatic heterocycles. The van der Waals surface area contributed by atoms with Crippen LogP contribution in [0.25, 0.3) is 0 Å². The van der Waals surface area contributed by atoms with Crippen LogP contribution in [0.2, 0.25) is 0 Å². The predicted molar refractivity (Wildman–Crippen MR) is 41.7 cm³/mol. The van der Waals surface area contributed by atoms with E-state index in [9.17, 15) is 9.59 Å². The smallest absolute Gasteiger partial charge is 0.331 e. The van der Waals surface area contributed by atoms with Crippen molar-refractivity contribution in [3.05, 3.63) is 12.2 Å². The molecular weight excluding hydrogens is 216 g/mol. The van der Waals surface area contributed by atoms with Gasteiger partial charge >= 0.3 is 11.9 Å². The highest BCUT2D eigenvalue weighted by atomic mass is 79.9. The molecule has 0 aliphatic carbocycles. The molecule has 0 aliphatic rings. The van der Waals surface area contributed by atoms with Gasteiger partial charge in [-0.05, 0) is 0 Å². The van der Waals surface area contributed by atoms with Gasteiger partial charge in [0, 0.05) is 10.9 Å². The van der Waals surface area contributed by atoms with Crippen LogP contribution in [-0.2, 0) is 9.59 Å². The maximum Gasteiger partial charge on any atom is 0.331 e. The van der Waals surface area contributed by atoms with Crippen molar-refractivity contribution in [2.75, 3.05) is 5.33 Å². The van der Waals surface area contributed by atoms with Gasteiger partial charge in [-0.3, -0.25) is 4.79 Å². The standard InChI is InChI=1S/C6H7BrO4/c1-3(5(8)9)4(2-7)6(10)11/h4H,1-2H2,(H,8,9)(H,10,11). The van der Waals surface area contributed by atoms with Crippen molar-refractivity contribution in [1.82, 2.24) is 0 Å². The van der Waals surface area contributed by atoms with Crippen LogP contribution >= 0.6 is 15.9 Å². The SMILES string of the molecule is C=C(C(=O)O)C(CBr)C(=O)O. The second-order valence-corrected chi connectivity index (χ2v) is 2.52. The molecular formula is C6H7BrO4. The van der Waals surface area contributed by atoms with Gasteiger partial charge in [-0.1, -0.05) is 22.5 Å². The summed E-state index contributed by atoms with van der Waals surface area (Å²) < 4.78 is 0. The Morgan fingerprint density at radius 3 is 2.00 bits per heavy atom. The molecule has 0 aromatic heterocycles. The Bertz CT molecular complexity index is 199. The van der Waals surface area contributed by atoms with Crippen LogP contribution < -0.4 is 0 Å². The zero-order chi connectivity index (χ0) is 9.02. The maximum atomic E-state index is 10.3. The number of hydrogen-bond acceptors (Lipinski definition) is 2. The average molecular weight is 223 g/mol. The first kappa shape index (κ1) is 10.2. The van der Waals surface area contributed by atoms with Crippen molar-refractivity contribution in [2.24, 2.45) is 5.92 Å². The van der Waals surface area contributed by atoms with Crippen LogP contribution in [0.15, 0.2) is 12.2 Å². The summed E-state index contributed by atoms with van der Waals surface area (Å²) in [6, 6.07) is 0. The number of alkyl halides is 1. The van der Waals surface area contributed by atoms with Crippen molar-refractivity contribution < 1.29 is 19.8 Å². The van der Waals surface area contributed by atoms with E-state index >= 15 is 0 Å². The summed E-state index contributed by atoms with van der Waals surface area (Å²) in [6.45, 7) is 3.14.